The van der Waals surface area contributed by atoms with Crippen LogP contribution in [0.4, 0.5) is 4.79 Å². The lowest BCUT2D eigenvalue weighted by Gasteiger charge is -2.11. The van der Waals surface area contributed by atoms with Crippen LogP contribution >= 0.6 is 11.3 Å². The number of amides is 1. The Morgan fingerprint density at radius 3 is 2.56 bits per heavy atom. The number of hydrogen-bond donors (Lipinski definition) is 2. The summed E-state index contributed by atoms with van der Waals surface area (Å²) >= 11 is 1.53. The van der Waals surface area contributed by atoms with Gasteiger partial charge >= 0.3 is 6.09 Å². The highest BCUT2D eigenvalue weighted by Gasteiger charge is 2.25. The molecule has 0 aliphatic rings. The lowest BCUT2D eigenvalue weighted by Crippen LogP contribution is -2.25. The number of carbonyl (C=O) groups is 1. The Bertz CT molecular complexity index is 913. The first-order chi connectivity index (χ1) is 11.9. The van der Waals surface area contributed by atoms with Crippen LogP contribution in [-0.2, 0) is 0 Å². The number of aromatic nitrogens is 2. The van der Waals surface area contributed by atoms with E-state index < -0.39 is 6.09 Å². The molecule has 0 radical (unpaired) electrons. The third kappa shape index (κ3) is 3.23. The van der Waals surface area contributed by atoms with Gasteiger partial charge in [0, 0.05) is 24.5 Å². The molecule has 130 valence electrons. The number of ether oxygens (including phenoxy) is 1. The summed E-state index contributed by atoms with van der Waals surface area (Å²) in [5.74, 6) is 0.233. The highest BCUT2D eigenvalue weighted by molar-refractivity contribution is 7.15. The minimum Gasteiger partial charge on any atom is -0.494 e. The van der Waals surface area contributed by atoms with Gasteiger partial charge in [-0.3, -0.25) is 0 Å². The second-order valence-corrected chi connectivity index (χ2v) is 7.06. The Morgan fingerprint density at radius 1 is 1.24 bits per heavy atom. The predicted molar refractivity (Wildman–Crippen MR) is 98.2 cm³/mol. The summed E-state index contributed by atoms with van der Waals surface area (Å²) in [7, 11) is 3.21. The van der Waals surface area contributed by atoms with Crippen molar-refractivity contribution in [2.24, 2.45) is 0 Å². The van der Waals surface area contributed by atoms with E-state index in [9.17, 15) is 9.90 Å². The number of carbonyl (C=O) groups excluding carboxylic acids is 1. The first-order valence-electron chi connectivity index (χ1n) is 7.72. The van der Waals surface area contributed by atoms with E-state index in [0.717, 1.165) is 15.4 Å². The number of hydrogen-bond acceptors (Lipinski definition) is 5. The van der Waals surface area contributed by atoms with Gasteiger partial charge in [0.1, 0.15) is 10.6 Å². The highest BCUT2D eigenvalue weighted by atomic mass is 32.1. The number of nitrogens with zero attached hydrogens (tertiary/aromatic N) is 2. The maximum absolute atomic E-state index is 12.0. The molecule has 0 atom stereocenters. The largest absolute Gasteiger partial charge is 0.494 e. The van der Waals surface area contributed by atoms with Gasteiger partial charge < -0.3 is 19.7 Å². The number of H-pyrrole nitrogens is 1. The Hall–Kier alpha value is -2.80. The minimum absolute atomic E-state index is 0.0629. The van der Waals surface area contributed by atoms with Crippen molar-refractivity contribution in [2.75, 3.05) is 14.1 Å². The van der Waals surface area contributed by atoms with Crippen molar-refractivity contribution in [3.63, 3.8) is 0 Å². The zero-order valence-electron chi connectivity index (χ0n) is 14.5. The zero-order valence-corrected chi connectivity index (χ0v) is 15.3. The maximum Gasteiger partial charge on any atom is 0.414 e. The Balaban J connectivity index is 2.08. The number of aromatic amines is 1. The molecule has 0 saturated carbocycles. The first kappa shape index (κ1) is 17.0. The van der Waals surface area contributed by atoms with Gasteiger partial charge in [0.15, 0.2) is 5.75 Å². The fourth-order valence-corrected chi connectivity index (χ4v) is 3.38. The number of nitrogens with one attached hydrogen (secondary N) is 1. The predicted octanol–water partition coefficient (Wildman–Crippen LogP) is 4.19. The molecule has 2 heterocycles. The number of benzene rings is 1. The van der Waals surface area contributed by atoms with Crippen molar-refractivity contribution in [1.29, 1.82) is 0 Å². The third-order valence-corrected chi connectivity index (χ3v) is 4.74. The van der Waals surface area contributed by atoms with Crippen LogP contribution in [0.15, 0.2) is 30.3 Å². The summed E-state index contributed by atoms with van der Waals surface area (Å²) in [6.45, 7) is 3.67. The molecule has 0 aliphatic heterocycles. The summed E-state index contributed by atoms with van der Waals surface area (Å²) in [4.78, 5) is 21.7. The van der Waals surface area contributed by atoms with Crippen molar-refractivity contribution >= 4 is 17.4 Å². The second kappa shape index (κ2) is 6.60. The molecular formula is C18H19N3O3S. The van der Waals surface area contributed by atoms with Crippen molar-refractivity contribution < 1.29 is 14.6 Å². The van der Waals surface area contributed by atoms with Crippen molar-refractivity contribution in [1.82, 2.24) is 14.9 Å². The van der Waals surface area contributed by atoms with Gasteiger partial charge in [-0.2, -0.15) is 0 Å². The topological polar surface area (TPSA) is 78.5 Å². The van der Waals surface area contributed by atoms with Crippen LogP contribution in [0.25, 0.3) is 21.8 Å². The Morgan fingerprint density at radius 2 is 1.92 bits per heavy atom. The summed E-state index contributed by atoms with van der Waals surface area (Å²) < 4.78 is 5.44. The van der Waals surface area contributed by atoms with E-state index >= 15 is 0 Å². The highest BCUT2D eigenvalue weighted by Crippen LogP contribution is 2.44. The fraction of sp³-hybridized carbons (Fsp3) is 0.222. The molecule has 0 unspecified atom stereocenters. The SMILES string of the molecule is Cc1[nH]c(O)c(-c2nc(-c3ccccc3)sc2C)c1OC(=O)N(C)C. The summed E-state index contributed by atoms with van der Waals surface area (Å²) in [5, 5.41) is 11.2. The van der Waals surface area contributed by atoms with Gasteiger partial charge in [-0.05, 0) is 13.8 Å². The smallest absolute Gasteiger partial charge is 0.414 e. The third-order valence-electron chi connectivity index (χ3n) is 3.72. The summed E-state index contributed by atoms with van der Waals surface area (Å²) in [6.07, 6.45) is -0.514. The standard InChI is InChI=1S/C18H19N3O3S/c1-10-15(24-18(23)21(3)4)13(16(22)19-10)14-11(2)25-17(20-14)12-8-6-5-7-9-12/h5-9,19,22H,1-4H3. The Labute approximate surface area is 149 Å². The van der Waals surface area contributed by atoms with Gasteiger partial charge in [0.25, 0.3) is 0 Å². The molecule has 2 aromatic heterocycles. The van der Waals surface area contributed by atoms with Gasteiger partial charge in [-0.15, -0.1) is 11.3 Å². The van der Waals surface area contributed by atoms with E-state index in [-0.39, 0.29) is 5.88 Å². The van der Waals surface area contributed by atoms with Crippen LogP contribution in [0.2, 0.25) is 0 Å². The summed E-state index contributed by atoms with van der Waals surface area (Å²) in [5.41, 5.74) is 2.58. The lowest BCUT2D eigenvalue weighted by molar-refractivity contribution is 0.172. The monoisotopic (exact) mass is 357 g/mol. The molecule has 0 bridgehead atoms. The molecule has 1 amide bonds. The summed E-state index contributed by atoms with van der Waals surface area (Å²) in [6, 6.07) is 9.82. The molecule has 3 rings (SSSR count). The molecule has 3 aromatic rings. The molecule has 0 saturated heterocycles. The van der Waals surface area contributed by atoms with Gasteiger partial charge in [0.05, 0.1) is 11.4 Å². The number of rotatable bonds is 3. The normalized spacial score (nSPS) is 10.7. The van der Waals surface area contributed by atoms with Crippen LogP contribution in [0.3, 0.4) is 0 Å². The molecule has 0 aliphatic carbocycles. The molecule has 6 nitrogen and oxygen atoms in total. The van der Waals surface area contributed by atoms with Gasteiger partial charge in [-0.25, -0.2) is 9.78 Å². The van der Waals surface area contributed by atoms with E-state index in [0.29, 0.717) is 22.7 Å². The fourth-order valence-electron chi connectivity index (χ4n) is 2.45. The average molecular weight is 357 g/mol. The lowest BCUT2D eigenvalue weighted by atomic mass is 10.2. The van der Waals surface area contributed by atoms with Crippen LogP contribution in [-0.4, -0.2) is 40.2 Å². The molecule has 25 heavy (non-hydrogen) atoms. The van der Waals surface area contributed by atoms with Crippen molar-refractivity contribution in [3.05, 3.63) is 40.9 Å². The van der Waals surface area contributed by atoms with E-state index in [1.54, 1.807) is 21.0 Å². The van der Waals surface area contributed by atoms with E-state index in [2.05, 4.69) is 9.97 Å². The van der Waals surface area contributed by atoms with Crippen molar-refractivity contribution in [2.45, 2.75) is 13.8 Å². The van der Waals surface area contributed by atoms with Crippen molar-refractivity contribution in [3.8, 4) is 33.5 Å². The van der Waals surface area contributed by atoms with E-state index in [1.807, 2.05) is 37.3 Å². The van der Waals surface area contributed by atoms with Crippen LogP contribution in [0, 0.1) is 13.8 Å². The average Bonchev–Trinajstić information content (AvgIpc) is 3.08. The second-order valence-electron chi connectivity index (χ2n) is 5.85. The maximum atomic E-state index is 12.0. The van der Waals surface area contributed by atoms with Crippen LogP contribution < -0.4 is 4.74 Å². The van der Waals surface area contributed by atoms with Crippen LogP contribution in [0.1, 0.15) is 10.6 Å². The molecule has 0 fully saturated rings. The van der Waals surface area contributed by atoms with Crippen LogP contribution in [0.5, 0.6) is 11.6 Å². The first-order valence-corrected chi connectivity index (χ1v) is 8.54. The number of aryl methyl sites for hydroxylation is 2. The van der Waals surface area contributed by atoms with Gasteiger partial charge in [-0.1, -0.05) is 30.3 Å². The molecule has 1 aromatic carbocycles. The zero-order chi connectivity index (χ0) is 18.1. The molecule has 7 heteroatoms. The van der Waals surface area contributed by atoms with E-state index in [4.69, 9.17) is 4.74 Å². The van der Waals surface area contributed by atoms with Gasteiger partial charge in [0.2, 0.25) is 5.88 Å². The molecule has 2 N–H and O–H groups in total. The minimum atomic E-state index is -0.514. The quantitative estimate of drug-likeness (QED) is 0.737. The molecular weight excluding hydrogens is 338 g/mol. The number of aromatic hydroxyl groups is 1. The Kier molecular flexibility index (Phi) is 4.50. The molecule has 0 spiro atoms. The number of thiazole rings is 1. The van der Waals surface area contributed by atoms with E-state index in [1.165, 1.54) is 16.2 Å².